The summed E-state index contributed by atoms with van der Waals surface area (Å²) >= 11 is 0. The monoisotopic (exact) mass is 461 g/mol. The molecule has 0 radical (unpaired) electrons. The van der Waals surface area contributed by atoms with Gasteiger partial charge < -0.3 is 9.64 Å². The van der Waals surface area contributed by atoms with Crippen LogP contribution in [0.25, 0.3) is 11.3 Å². The van der Waals surface area contributed by atoms with Crippen LogP contribution in [0.1, 0.15) is 29.8 Å². The normalized spacial score (nSPS) is 11.0. The largest absolute Gasteiger partial charge is 0.439 e. The molecule has 0 N–H and O–H groups in total. The Bertz CT molecular complexity index is 1290. The number of hydrogen-bond donors (Lipinski definition) is 0. The fourth-order valence-corrected chi connectivity index (χ4v) is 3.71. The van der Waals surface area contributed by atoms with Gasteiger partial charge in [0.15, 0.2) is 0 Å². The minimum Gasteiger partial charge on any atom is -0.439 e. The second-order valence-electron chi connectivity index (χ2n) is 8.18. The summed E-state index contributed by atoms with van der Waals surface area (Å²) in [4.78, 5) is 14.9. The van der Waals surface area contributed by atoms with E-state index >= 15 is 0 Å². The van der Waals surface area contributed by atoms with Gasteiger partial charge in [0, 0.05) is 18.7 Å². The second kappa shape index (κ2) is 9.87. The molecule has 0 aliphatic carbocycles. The molecule has 0 unspecified atom stereocenters. The zero-order valence-electron chi connectivity index (χ0n) is 19.2. The van der Waals surface area contributed by atoms with E-state index in [1.807, 2.05) is 44.2 Å². The SMILES string of the molecule is CC(C)N(Cc1c(-c2ccccc2)nn(C)c1Oc1ccc(F)cc1)C(=O)c1ccccc1F. The zero-order valence-corrected chi connectivity index (χ0v) is 19.2. The van der Waals surface area contributed by atoms with Crippen LogP contribution in [0.15, 0.2) is 78.9 Å². The number of hydrogen-bond acceptors (Lipinski definition) is 3. The molecule has 0 saturated heterocycles. The molecule has 4 aromatic rings. The van der Waals surface area contributed by atoms with Crippen molar-refractivity contribution in [1.29, 1.82) is 0 Å². The maximum absolute atomic E-state index is 14.4. The van der Waals surface area contributed by atoms with Crippen LogP contribution in [0.3, 0.4) is 0 Å². The molecule has 0 aliphatic heterocycles. The van der Waals surface area contributed by atoms with Crippen LogP contribution < -0.4 is 4.74 Å². The lowest BCUT2D eigenvalue weighted by atomic mass is 10.1. The van der Waals surface area contributed by atoms with Crippen molar-refractivity contribution in [1.82, 2.24) is 14.7 Å². The Balaban J connectivity index is 1.79. The molecule has 1 aromatic heterocycles. The number of benzene rings is 3. The number of aromatic nitrogens is 2. The second-order valence-corrected chi connectivity index (χ2v) is 8.18. The average Bonchev–Trinajstić information content (AvgIpc) is 3.14. The molecule has 34 heavy (non-hydrogen) atoms. The summed E-state index contributed by atoms with van der Waals surface area (Å²) in [6, 6.07) is 20.9. The maximum atomic E-state index is 14.4. The number of carbonyl (C=O) groups is 1. The van der Waals surface area contributed by atoms with Crippen LogP contribution in [0.5, 0.6) is 11.6 Å². The van der Waals surface area contributed by atoms with Gasteiger partial charge in [0.2, 0.25) is 5.88 Å². The van der Waals surface area contributed by atoms with Gasteiger partial charge in [0.1, 0.15) is 23.1 Å². The maximum Gasteiger partial charge on any atom is 0.257 e. The molecule has 1 amide bonds. The summed E-state index contributed by atoms with van der Waals surface area (Å²) in [6.07, 6.45) is 0. The van der Waals surface area contributed by atoms with Gasteiger partial charge in [-0.05, 0) is 50.2 Å². The lowest BCUT2D eigenvalue weighted by Gasteiger charge is -2.27. The van der Waals surface area contributed by atoms with Gasteiger partial charge >= 0.3 is 0 Å². The van der Waals surface area contributed by atoms with Gasteiger partial charge in [0.25, 0.3) is 5.91 Å². The third-order valence-electron chi connectivity index (χ3n) is 5.48. The van der Waals surface area contributed by atoms with Crippen LogP contribution in [-0.2, 0) is 13.6 Å². The number of carbonyl (C=O) groups excluding carboxylic acids is 1. The molecule has 0 bridgehead atoms. The molecule has 0 fully saturated rings. The fraction of sp³-hybridized carbons (Fsp3) is 0.185. The molecule has 5 nitrogen and oxygen atoms in total. The van der Waals surface area contributed by atoms with Gasteiger partial charge in [-0.3, -0.25) is 4.79 Å². The van der Waals surface area contributed by atoms with E-state index in [4.69, 9.17) is 4.74 Å². The smallest absolute Gasteiger partial charge is 0.257 e. The van der Waals surface area contributed by atoms with Crippen molar-refractivity contribution in [3.8, 4) is 22.9 Å². The van der Waals surface area contributed by atoms with Crippen molar-refractivity contribution in [3.63, 3.8) is 0 Å². The number of rotatable bonds is 7. The summed E-state index contributed by atoms with van der Waals surface area (Å²) in [6.45, 7) is 3.88. The van der Waals surface area contributed by atoms with Crippen LogP contribution in [0.2, 0.25) is 0 Å². The molecular weight excluding hydrogens is 436 g/mol. The molecule has 0 aliphatic rings. The van der Waals surface area contributed by atoms with Gasteiger partial charge in [-0.1, -0.05) is 42.5 Å². The van der Waals surface area contributed by atoms with Crippen molar-refractivity contribution in [2.24, 2.45) is 7.05 Å². The number of aryl methyl sites for hydroxylation is 1. The van der Waals surface area contributed by atoms with E-state index in [9.17, 15) is 13.6 Å². The van der Waals surface area contributed by atoms with E-state index in [0.29, 0.717) is 22.9 Å². The van der Waals surface area contributed by atoms with Crippen LogP contribution in [-0.4, -0.2) is 26.6 Å². The van der Waals surface area contributed by atoms with Crippen molar-refractivity contribution in [3.05, 3.63) is 102 Å². The predicted octanol–water partition coefficient (Wildman–Crippen LogP) is 6.21. The first kappa shape index (κ1) is 23.2. The van der Waals surface area contributed by atoms with E-state index in [-0.39, 0.29) is 24.0 Å². The Morgan fingerprint density at radius 2 is 1.62 bits per heavy atom. The number of nitrogens with zero attached hydrogens (tertiary/aromatic N) is 3. The molecule has 1 heterocycles. The summed E-state index contributed by atoms with van der Waals surface area (Å²) in [5, 5.41) is 4.66. The summed E-state index contributed by atoms with van der Waals surface area (Å²) in [5.74, 6) is -0.526. The Kier molecular flexibility index (Phi) is 6.72. The molecule has 4 rings (SSSR count). The van der Waals surface area contributed by atoms with E-state index in [1.54, 1.807) is 28.8 Å². The van der Waals surface area contributed by atoms with Gasteiger partial charge in [-0.15, -0.1) is 0 Å². The van der Waals surface area contributed by atoms with Gasteiger partial charge in [-0.25, -0.2) is 13.5 Å². The van der Waals surface area contributed by atoms with E-state index in [2.05, 4.69) is 5.10 Å². The summed E-state index contributed by atoms with van der Waals surface area (Å²) < 4.78 is 35.5. The van der Waals surface area contributed by atoms with Gasteiger partial charge in [-0.2, -0.15) is 5.10 Å². The van der Waals surface area contributed by atoms with Crippen LogP contribution in [0.4, 0.5) is 8.78 Å². The Labute approximate surface area is 197 Å². The standard InChI is InChI=1S/C27H25F2N3O2/c1-18(2)32(26(33)22-11-7-8-12-24(22)29)17-23-25(19-9-5-4-6-10-19)30-31(3)27(23)34-21-15-13-20(28)14-16-21/h4-16,18H,17H2,1-3H3. The first-order valence-corrected chi connectivity index (χ1v) is 11.0. The highest BCUT2D eigenvalue weighted by Gasteiger charge is 2.27. The molecule has 0 saturated carbocycles. The average molecular weight is 462 g/mol. The van der Waals surface area contributed by atoms with Gasteiger partial charge in [0.05, 0.1) is 17.7 Å². The molecule has 0 atom stereocenters. The highest BCUT2D eigenvalue weighted by atomic mass is 19.1. The molecule has 7 heteroatoms. The highest BCUT2D eigenvalue weighted by molar-refractivity contribution is 5.94. The lowest BCUT2D eigenvalue weighted by Crippen LogP contribution is -2.37. The lowest BCUT2D eigenvalue weighted by molar-refractivity contribution is 0.0684. The number of ether oxygens (including phenoxy) is 1. The topological polar surface area (TPSA) is 47.4 Å². The molecular formula is C27H25F2N3O2. The molecule has 174 valence electrons. The fourth-order valence-electron chi connectivity index (χ4n) is 3.71. The van der Waals surface area contributed by atoms with E-state index in [0.717, 1.165) is 5.56 Å². The van der Waals surface area contributed by atoms with Crippen molar-refractivity contribution in [2.75, 3.05) is 0 Å². The first-order chi connectivity index (χ1) is 16.3. The van der Waals surface area contributed by atoms with Crippen molar-refractivity contribution >= 4 is 5.91 Å². The Hall–Kier alpha value is -4.00. The molecule has 3 aromatic carbocycles. The molecule has 0 spiro atoms. The Morgan fingerprint density at radius 3 is 2.26 bits per heavy atom. The highest BCUT2D eigenvalue weighted by Crippen LogP contribution is 2.35. The van der Waals surface area contributed by atoms with E-state index in [1.165, 1.54) is 36.4 Å². The summed E-state index contributed by atoms with van der Waals surface area (Å²) in [5.41, 5.74) is 2.16. The van der Waals surface area contributed by atoms with Crippen LogP contribution in [0, 0.1) is 11.6 Å². The third kappa shape index (κ3) is 4.83. The minimum atomic E-state index is -0.574. The zero-order chi connectivity index (χ0) is 24.2. The number of halogens is 2. The quantitative estimate of drug-likeness (QED) is 0.329. The van der Waals surface area contributed by atoms with Crippen molar-refractivity contribution < 1.29 is 18.3 Å². The van der Waals surface area contributed by atoms with Crippen LogP contribution >= 0.6 is 0 Å². The van der Waals surface area contributed by atoms with E-state index < -0.39 is 11.7 Å². The predicted molar refractivity (Wildman–Crippen MR) is 127 cm³/mol. The van der Waals surface area contributed by atoms with Crippen molar-refractivity contribution in [2.45, 2.75) is 26.4 Å². The minimum absolute atomic E-state index is 0.00218. The Morgan fingerprint density at radius 1 is 0.971 bits per heavy atom. The third-order valence-corrected chi connectivity index (χ3v) is 5.48. The summed E-state index contributed by atoms with van der Waals surface area (Å²) in [7, 11) is 1.74. The number of amides is 1. The first-order valence-electron chi connectivity index (χ1n) is 11.0.